The van der Waals surface area contributed by atoms with Crippen LogP contribution in [-0.4, -0.2) is 27.5 Å². The van der Waals surface area contributed by atoms with Gasteiger partial charge in [0.1, 0.15) is 5.69 Å². The Balaban J connectivity index is 2.18. The summed E-state index contributed by atoms with van der Waals surface area (Å²) in [6, 6.07) is 5.86. The third kappa shape index (κ3) is 3.50. The van der Waals surface area contributed by atoms with Crippen LogP contribution in [0.1, 0.15) is 17.4 Å². The first-order valence-electron chi connectivity index (χ1n) is 6.11. The number of carbonyl (C=O) groups excluding carboxylic acids is 1. The van der Waals surface area contributed by atoms with Gasteiger partial charge in [0.2, 0.25) is 5.82 Å². The molecule has 0 aliphatic heterocycles. The summed E-state index contributed by atoms with van der Waals surface area (Å²) in [5.74, 6) is -0.416. The van der Waals surface area contributed by atoms with Gasteiger partial charge in [-0.25, -0.2) is 14.8 Å². The van der Waals surface area contributed by atoms with Gasteiger partial charge in [-0.1, -0.05) is 0 Å². The minimum Gasteiger partial charge on any atom is -0.461 e. The number of esters is 1. The fourth-order valence-electron chi connectivity index (χ4n) is 1.57. The van der Waals surface area contributed by atoms with Crippen molar-refractivity contribution in [2.75, 3.05) is 11.9 Å². The average Bonchev–Trinajstić information content (AvgIpc) is 2.48. The molecule has 0 bridgehead atoms. The number of ether oxygens (including phenoxy) is 1. The van der Waals surface area contributed by atoms with E-state index >= 15 is 0 Å². The van der Waals surface area contributed by atoms with Crippen LogP contribution in [0, 0.1) is 10.1 Å². The maximum absolute atomic E-state index is 11.5. The quantitative estimate of drug-likeness (QED) is 0.511. The van der Waals surface area contributed by atoms with Crippen molar-refractivity contribution in [1.29, 1.82) is 0 Å². The number of anilines is 2. The standard InChI is InChI=1S/C13H12N4O4/c1-2-21-13(18)10-6-5-9(8-15-10)16-12-11(17(19)20)4-3-7-14-12/h3-8H,2H2,1H3,(H,14,16). The van der Waals surface area contributed by atoms with E-state index in [1.54, 1.807) is 13.0 Å². The van der Waals surface area contributed by atoms with Crippen molar-refractivity contribution in [3.8, 4) is 0 Å². The van der Waals surface area contributed by atoms with Crippen molar-refractivity contribution >= 4 is 23.2 Å². The molecule has 0 atom stereocenters. The number of rotatable bonds is 5. The van der Waals surface area contributed by atoms with E-state index in [9.17, 15) is 14.9 Å². The topological polar surface area (TPSA) is 107 Å². The number of pyridine rings is 2. The van der Waals surface area contributed by atoms with Crippen LogP contribution in [0.4, 0.5) is 17.2 Å². The highest BCUT2D eigenvalue weighted by Crippen LogP contribution is 2.24. The predicted octanol–water partition coefficient (Wildman–Crippen LogP) is 2.31. The zero-order valence-electron chi connectivity index (χ0n) is 11.1. The summed E-state index contributed by atoms with van der Waals surface area (Å²) in [6.45, 7) is 1.97. The van der Waals surface area contributed by atoms with Gasteiger partial charge in [0, 0.05) is 12.3 Å². The highest BCUT2D eigenvalue weighted by atomic mass is 16.6. The van der Waals surface area contributed by atoms with Gasteiger partial charge in [0.05, 0.1) is 23.4 Å². The zero-order chi connectivity index (χ0) is 15.2. The Bertz CT molecular complexity index is 657. The van der Waals surface area contributed by atoms with Crippen molar-refractivity contribution in [2.45, 2.75) is 6.92 Å². The molecule has 0 fully saturated rings. The Hall–Kier alpha value is -3.03. The van der Waals surface area contributed by atoms with Crippen molar-refractivity contribution < 1.29 is 14.5 Å². The molecule has 8 nitrogen and oxygen atoms in total. The number of hydrogen-bond donors (Lipinski definition) is 1. The molecule has 108 valence electrons. The van der Waals surface area contributed by atoms with Crippen molar-refractivity contribution in [3.63, 3.8) is 0 Å². The summed E-state index contributed by atoms with van der Waals surface area (Å²) < 4.78 is 4.81. The van der Waals surface area contributed by atoms with Crippen LogP contribution >= 0.6 is 0 Å². The van der Waals surface area contributed by atoms with Gasteiger partial charge in [0.25, 0.3) is 0 Å². The first kappa shape index (κ1) is 14.4. The smallest absolute Gasteiger partial charge is 0.356 e. The summed E-state index contributed by atoms with van der Waals surface area (Å²) in [6.07, 6.45) is 2.82. The lowest BCUT2D eigenvalue weighted by Gasteiger charge is -2.06. The Morgan fingerprint density at radius 1 is 1.38 bits per heavy atom. The Morgan fingerprint density at radius 3 is 2.81 bits per heavy atom. The van der Waals surface area contributed by atoms with Gasteiger partial charge < -0.3 is 10.1 Å². The van der Waals surface area contributed by atoms with Crippen LogP contribution in [0.25, 0.3) is 0 Å². The molecule has 1 N–H and O–H groups in total. The molecule has 0 aromatic carbocycles. The summed E-state index contributed by atoms with van der Waals surface area (Å²) in [5.41, 5.74) is 0.495. The third-order valence-corrected chi connectivity index (χ3v) is 2.49. The fourth-order valence-corrected chi connectivity index (χ4v) is 1.57. The first-order chi connectivity index (χ1) is 10.1. The molecule has 0 amide bonds. The van der Waals surface area contributed by atoms with Gasteiger partial charge in [0.15, 0.2) is 0 Å². The second-order valence-electron chi connectivity index (χ2n) is 3.91. The number of carbonyl (C=O) groups is 1. The lowest BCUT2D eigenvalue weighted by atomic mass is 10.3. The highest BCUT2D eigenvalue weighted by molar-refractivity contribution is 5.87. The van der Waals surface area contributed by atoms with Gasteiger partial charge >= 0.3 is 11.7 Å². The molecule has 2 rings (SSSR count). The molecular formula is C13H12N4O4. The summed E-state index contributed by atoms with van der Waals surface area (Å²) in [7, 11) is 0. The first-order valence-corrected chi connectivity index (χ1v) is 6.11. The number of aromatic nitrogens is 2. The van der Waals surface area contributed by atoms with Crippen molar-refractivity contribution in [1.82, 2.24) is 9.97 Å². The second-order valence-corrected chi connectivity index (χ2v) is 3.91. The minimum absolute atomic E-state index is 0.105. The Morgan fingerprint density at radius 2 is 2.19 bits per heavy atom. The third-order valence-electron chi connectivity index (χ3n) is 2.49. The number of nitro groups is 1. The van der Waals surface area contributed by atoms with E-state index in [2.05, 4.69) is 15.3 Å². The van der Waals surface area contributed by atoms with E-state index in [0.717, 1.165) is 0 Å². The van der Waals surface area contributed by atoms with Crippen molar-refractivity contribution in [2.24, 2.45) is 0 Å². The van der Waals surface area contributed by atoms with Crippen LogP contribution in [-0.2, 0) is 4.74 Å². The lowest BCUT2D eigenvalue weighted by molar-refractivity contribution is -0.384. The molecule has 2 aromatic heterocycles. The molecule has 0 aliphatic rings. The second kappa shape index (κ2) is 6.42. The van der Waals surface area contributed by atoms with E-state index in [4.69, 9.17) is 4.74 Å². The SMILES string of the molecule is CCOC(=O)c1ccc(Nc2ncccc2[N+](=O)[O-])cn1. The number of hydrogen-bond acceptors (Lipinski definition) is 7. The molecule has 0 saturated heterocycles. The summed E-state index contributed by atoms with van der Waals surface area (Å²) in [5, 5.41) is 13.7. The van der Waals surface area contributed by atoms with Gasteiger partial charge in [-0.3, -0.25) is 10.1 Å². The lowest BCUT2D eigenvalue weighted by Crippen LogP contribution is -2.07. The molecule has 0 spiro atoms. The highest BCUT2D eigenvalue weighted by Gasteiger charge is 2.14. The maximum atomic E-state index is 11.5. The number of nitrogens with zero attached hydrogens (tertiary/aromatic N) is 3. The molecule has 8 heteroatoms. The summed E-state index contributed by atoms with van der Waals surface area (Å²) in [4.78, 5) is 29.6. The van der Waals surface area contributed by atoms with E-state index in [-0.39, 0.29) is 23.8 Å². The van der Waals surface area contributed by atoms with Crippen LogP contribution in [0.15, 0.2) is 36.7 Å². The van der Waals surface area contributed by atoms with Crippen molar-refractivity contribution in [3.05, 3.63) is 52.5 Å². The van der Waals surface area contributed by atoms with E-state index in [0.29, 0.717) is 5.69 Å². The molecule has 2 aromatic rings. The maximum Gasteiger partial charge on any atom is 0.356 e. The molecule has 21 heavy (non-hydrogen) atoms. The average molecular weight is 288 g/mol. The molecular weight excluding hydrogens is 276 g/mol. The summed E-state index contributed by atoms with van der Waals surface area (Å²) >= 11 is 0. The van der Waals surface area contributed by atoms with E-state index in [1.807, 2.05) is 0 Å². The van der Waals surface area contributed by atoms with E-state index in [1.165, 1.54) is 30.6 Å². The monoisotopic (exact) mass is 288 g/mol. The predicted molar refractivity (Wildman–Crippen MR) is 74.4 cm³/mol. The van der Waals surface area contributed by atoms with E-state index < -0.39 is 10.9 Å². The normalized spacial score (nSPS) is 9.95. The Labute approximate surface area is 120 Å². The van der Waals surface area contributed by atoms with Gasteiger partial charge in [-0.15, -0.1) is 0 Å². The molecule has 0 aliphatic carbocycles. The zero-order valence-corrected chi connectivity index (χ0v) is 11.1. The number of nitrogens with one attached hydrogen (secondary N) is 1. The van der Waals surface area contributed by atoms with Crippen LogP contribution < -0.4 is 5.32 Å². The molecule has 0 unspecified atom stereocenters. The molecule has 2 heterocycles. The minimum atomic E-state index is -0.532. The van der Waals surface area contributed by atoms with Crippen LogP contribution in [0.5, 0.6) is 0 Å². The molecule has 0 saturated carbocycles. The van der Waals surface area contributed by atoms with Crippen LogP contribution in [0.3, 0.4) is 0 Å². The van der Waals surface area contributed by atoms with Gasteiger partial charge in [-0.2, -0.15) is 0 Å². The fraction of sp³-hybridized carbons (Fsp3) is 0.154. The van der Waals surface area contributed by atoms with Crippen LogP contribution in [0.2, 0.25) is 0 Å². The Kier molecular flexibility index (Phi) is 4.39. The largest absolute Gasteiger partial charge is 0.461 e. The molecule has 0 radical (unpaired) electrons. The van der Waals surface area contributed by atoms with Gasteiger partial charge in [-0.05, 0) is 25.1 Å².